The van der Waals surface area contributed by atoms with Gasteiger partial charge >= 0.3 is 5.69 Å². The summed E-state index contributed by atoms with van der Waals surface area (Å²) in [5.74, 6) is 0.293. The molecule has 2 aromatic rings. The van der Waals surface area contributed by atoms with Crippen LogP contribution in [-0.2, 0) is 6.54 Å². The van der Waals surface area contributed by atoms with Crippen LogP contribution >= 0.6 is 11.6 Å². The van der Waals surface area contributed by atoms with E-state index in [1.165, 1.54) is 18.2 Å². The summed E-state index contributed by atoms with van der Waals surface area (Å²) in [5, 5.41) is 17.6. The normalized spacial score (nSPS) is 19.2. The summed E-state index contributed by atoms with van der Waals surface area (Å²) in [6.45, 7) is 0.678. The molecule has 0 atom stereocenters. The second-order valence-electron chi connectivity index (χ2n) is 6.94. The zero-order chi connectivity index (χ0) is 20.1. The van der Waals surface area contributed by atoms with Crippen LogP contribution < -0.4 is 16.4 Å². The van der Waals surface area contributed by atoms with Gasteiger partial charge < -0.3 is 16.4 Å². The number of hydrogen-bond donors (Lipinski definition) is 3. The molecule has 0 unspecified atom stereocenters. The molecule has 150 valence electrons. The molecular formula is C18H22ClFN6O2. The van der Waals surface area contributed by atoms with E-state index in [-0.39, 0.29) is 30.0 Å². The summed E-state index contributed by atoms with van der Waals surface area (Å²) < 4.78 is 13.8. The molecule has 1 aromatic heterocycles. The molecular weight excluding hydrogens is 387 g/mol. The topological polar surface area (TPSA) is 119 Å². The molecule has 1 aromatic carbocycles. The molecule has 1 fully saturated rings. The predicted octanol–water partition coefficient (Wildman–Crippen LogP) is 3.72. The summed E-state index contributed by atoms with van der Waals surface area (Å²) in [6.07, 6.45) is 5.01. The zero-order valence-electron chi connectivity index (χ0n) is 15.2. The highest BCUT2D eigenvalue weighted by atomic mass is 35.5. The Bertz CT molecular complexity index is 845. The van der Waals surface area contributed by atoms with Crippen molar-refractivity contribution in [3.63, 3.8) is 0 Å². The van der Waals surface area contributed by atoms with Crippen molar-refractivity contribution in [2.45, 2.75) is 38.3 Å². The molecule has 0 spiro atoms. The van der Waals surface area contributed by atoms with Crippen LogP contribution in [0.2, 0.25) is 5.02 Å². The Morgan fingerprint density at radius 2 is 2.04 bits per heavy atom. The highest BCUT2D eigenvalue weighted by Gasteiger charge is 2.21. The van der Waals surface area contributed by atoms with Crippen molar-refractivity contribution in [2.75, 3.05) is 17.2 Å². The van der Waals surface area contributed by atoms with Crippen LogP contribution in [0.3, 0.4) is 0 Å². The zero-order valence-corrected chi connectivity index (χ0v) is 16.0. The lowest BCUT2D eigenvalue weighted by Gasteiger charge is -2.26. The van der Waals surface area contributed by atoms with E-state index in [1.54, 1.807) is 0 Å². The minimum absolute atomic E-state index is 0.101. The number of hydrogen-bond acceptors (Lipinski definition) is 7. The van der Waals surface area contributed by atoms with Crippen molar-refractivity contribution in [1.29, 1.82) is 0 Å². The van der Waals surface area contributed by atoms with Crippen LogP contribution in [0.1, 0.15) is 31.2 Å². The summed E-state index contributed by atoms with van der Waals surface area (Å²) in [6, 6.07) is 4.48. The van der Waals surface area contributed by atoms with Gasteiger partial charge in [-0.1, -0.05) is 11.6 Å². The molecule has 28 heavy (non-hydrogen) atoms. The van der Waals surface area contributed by atoms with E-state index in [1.807, 2.05) is 0 Å². The maximum absolute atomic E-state index is 13.8. The number of rotatable bonds is 7. The van der Waals surface area contributed by atoms with Crippen LogP contribution in [0, 0.1) is 21.8 Å². The lowest BCUT2D eigenvalue weighted by Crippen LogP contribution is -2.29. The first-order valence-corrected chi connectivity index (χ1v) is 9.49. The summed E-state index contributed by atoms with van der Waals surface area (Å²) >= 11 is 5.88. The number of anilines is 2. The first kappa shape index (κ1) is 20.2. The molecule has 0 radical (unpaired) electrons. The van der Waals surface area contributed by atoms with Crippen molar-refractivity contribution >= 4 is 29.1 Å². The molecule has 1 saturated carbocycles. The monoisotopic (exact) mass is 408 g/mol. The Kier molecular flexibility index (Phi) is 6.58. The van der Waals surface area contributed by atoms with E-state index >= 15 is 0 Å². The van der Waals surface area contributed by atoms with E-state index in [4.69, 9.17) is 17.3 Å². The molecule has 1 heterocycles. The molecule has 1 aliphatic rings. The highest BCUT2D eigenvalue weighted by Crippen LogP contribution is 2.26. The van der Waals surface area contributed by atoms with E-state index < -0.39 is 10.7 Å². The minimum atomic E-state index is -0.528. The quantitative estimate of drug-likeness (QED) is 0.471. The largest absolute Gasteiger partial charge is 0.364 e. The third kappa shape index (κ3) is 5.26. The van der Waals surface area contributed by atoms with E-state index in [0.29, 0.717) is 23.0 Å². The maximum atomic E-state index is 13.8. The van der Waals surface area contributed by atoms with Crippen molar-refractivity contribution in [1.82, 2.24) is 9.97 Å². The van der Waals surface area contributed by atoms with Gasteiger partial charge in [-0.15, -0.1) is 0 Å². The van der Waals surface area contributed by atoms with E-state index in [0.717, 1.165) is 31.9 Å². The van der Waals surface area contributed by atoms with Crippen LogP contribution in [0.25, 0.3) is 0 Å². The number of halogens is 2. The van der Waals surface area contributed by atoms with E-state index in [2.05, 4.69) is 20.6 Å². The summed E-state index contributed by atoms with van der Waals surface area (Å²) in [4.78, 5) is 18.9. The average molecular weight is 409 g/mol. The SMILES string of the molecule is NC1CCC(CNc2nc(NCc3cc(Cl)ccc3F)ncc2[N+](=O)[O-])CC1. The van der Waals surface area contributed by atoms with Crippen molar-refractivity contribution in [3.8, 4) is 0 Å². The van der Waals surface area contributed by atoms with Crippen LogP contribution in [0.4, 0.5) is 21.8 Å². The number of nitrogens with zero attached hydrogens (tertiary/aromatic N) is 3. The number of nitrogens with two attached hydrogens (primary N) is 1. The minimum Gasteiger partial charge on any atom is -0.364 e. The van der Waals surface area contributed by atoms with Gasteiger partial charge in [0.15, 0.2) is 0 Å². The smallest absolute Gasteiger partial charge is 0.329 e. The van der Waals surface area contributed by atoms with Crippen LogP contribution in [0.5, 0.6) is 0 Å². The highest BCUT2D eigenvalue weighted by molar-refractivity contribution is 6.30. The van der Waals surface area contributed by atoms with Gasteiger partial charge in [-0.2, -0.15) is 4.98 Å². The maximum Gasteiger partial charge on any atom is 0.329 e. The van der Waals surface area contributed by atoms with Crippen molar-refractivity contribution < 1.29 is 9.31 Å². The molecule has 0 saturated heterocycles. The molecule has 10 heteroatoms. The molecule has 3 rings (SSSR count). The fraction of sp³-hybridized carbons (Fsp3) is 0.444. The average Bonchev–Trinajstić information content (AvgIpc) is 2.68. The first-order chi connectivity index (χ1) is 13.4. The molecule has 0 aliphatic heterocycles. The van der Waals surface area contributed by atoms with Crippen LogP contribution in [0.15, 0.2) is 24.4 Å². The number of benzene rings is 1. The van der Waals surface area contributed by atoms with Crippen molar-refractivity contribution in [3.05, 3.63) is 50.9 Å². The fourth-order valence-corrected chi connectivity index (χ4v) is 3.41. The second kappa shape index (κ2) is 9.11. The number of aromatic nitrogens is 2. The third-order valence-corrected chi connectivity index (χ3v) is 5.10. The van der Waals surface area contributed by atoms with Gasteiger partial charge in [-0.3, -0.25) is 10.1 Å². The Labute approximate surface area is 166 Å². The van der Waals surface area contributed by atoms with Gasteiger partial charge in [0.25, 0.3) is 0 Å². The summed E-state index contributed by atoms with van der Waals surface area (Å²) in [5.41, 5.74) is 6.06. The molecule has 4 N–H and O–H groups in total. The lowest BCUT2D eigenvalue weighted by atomic mass is 9.86. The van der Waals surface area contributed by atoms with Gasteiger partial charge in [-0.25, -0.2) is 9.37 Å². The molecule has 0 bridgehead atoms. The molecule has 8 nitrogen and oxygen atoms in total. The van der Waals surface area contributed by atoms with Gasteiger partial charge in [0.1, 0.15) is 12.0 Å². The Morgan fingerprint density at radius 3 is 2.75 bits per heavy atom. The Hall–Kier alpha value is -2.52. The van der Waals surface area contributed by atoms with Gasteiger partial charge in [0.2, 0.25) is 11.8 Å². The number of nitro groups is 1. The van der Waals surface area contributed by atoms with Gasteiger partial charge in [-0.05, 0) is 49.8 Å². The predicted molar refractivity (Wildman–Crippen MR) is 106 cm³/mol. The fourth-order valence-electron chi connectivity index (χ4n) is 3.21. The molecule has 0 amide bonds. The number of nitrogens with one attached hydrogen (secondary N) is 2. The Balaban J connectivity index is 1.68. The third-order valence-electron chi connectivity index (χ3n) is 4.86. The van der Waals surface area contributed by atoms with E-state index in [9.17, 15) is 14.5 Å². The van der Waals surface area contributed by atoms with Crippen molar-refractivity contribution in [2.24, 2.45) is 11.7 Å². The van der Waals surface area contributed by atoms with Crippen LogP contribution in [-0.4, -0.2) is 27.5 Å². The Morgan fingerprint density at radius 1 is 1.29 bits per heavy atom. The summed E-state index contributed by atoms with van der Waals surface area (Å²) in [7, 11) is 0. The van der Waals surface area contributed by atoms with Gasteiger partial charge in [0.05, 0.1) is 4.92 Å². The molecule has 1 aliphatic carbocycles. The lowest BCUT2D eigenvalue weighted by molar-refractivity contribution is -0.384. The second-order valence-corrected chi connectivity index (χ2v) is 7.37. The van der Waals surface area contributed by atoms with Gasteiger partial charge in [0, 0.05) is 29.7 Å². The first-order valence-electron chi connectivity index (χ1n) is 9.11. The standard InChI is InChI=1S/C18H22ClFN6O2/c19-13-3-6-15(20)12(7-13)9-23-18-24-10-16(26(27)28)17(25-18)22-8-11-1-4-14(21)5-2-11/h3,6-7,10-11,14H,1-2,4-5,8-9,21H2,(H2,22,23,24,25).